The highest BCUT2D eigenvalue weighted by Gasteiger charge is 2.33. The number of hydrogen-bond acceptors (Lipinski definition) is 6. The van der Waals surface area contributed by atoms with E-state index in [0.717, 1.165) is 35.7 Å². The van der Waals surface area contributed by atoms with Gasteiger partial charge in [-0.2, -0.15) is 17.5 Å². The Hall–Kier alpha value is -2.99. The van der Waals surface area contributed by atoms with E-state index >= 15 is 0 Å². The second kappa shape index (κ2) is 8.41. The molecule has 33 heavy (non-hydrogen) atoms. The van der Waals surface area contributed by atoms with Gasteiger partial charge in [-0.15, -0.1) is 0 Å². The molecule has 1 saturated heterocycles. The minimum atomic E-state index is -4.52. The van der Waals surface area contributed by atoms with Gasteiger partial charge in [0.05, 0.1) is 16.2 Å². The second-order valence-corrected chi connectivity index (χ2v) is 9.77. The second-order valence-electron chi connectivity index (χ2n) is 7.83. The van der Waals surface area contributed by atoms with Crippen LogP contribution in [0.1, 0.15) is 22.8 Å². The van der Waals surface area contributed by atoms with E-state index in [2.05, 4.69) is 15.0 Å². The zero-order chi connectivity index (χ0) is 24.0. The molecule has 8 nitrogen and oxygen atoms in total. The van der Waals surface area contributed by atoms with E-state index in [-0.39, 0.29) is 18.0 Å². The van der Waals surface area contributed by atoms with Crippen molar-refractivity contribution in [3.63, 3.8) is 0 Å². The Balaban J connectivity index is 1.50. The van der Waals surface area contributed by atoms with Crippen molar-refractivity contribution in [3.8, 4) is 5.82 Å². The molecule has 4 rings (SSSR count). The lowest BCUT2D eigenvalue weighted by atomic mass is 10.2. The molecule has 12 heteroatoms. The van der Waals surface area contributed by atoms with Crippen LogP contribution in [0.15, 0.2) is 41.6 Å². The summed E-state index contributed by atoms with van der Waals surface area (Å²) in [5.74, 6) is 1.93. The number of aromatic nitrogens is 4. The van der Waals surface area contributed by atoms with Crippen LogP contribution in [0.5, 0.6) is 0 Å². The molecule has 0 radical (unpaired) electrons. The summed E-state index contributed by atoms with van der Waals surface area (Å²) in [7, 11) is -3.90. The first-order chi connectivity index (χ1) is 15.5. The van der Waals surface area contributed by atoms with Gasteiger partial charge in [0.25, 0.3) is 0 Å². The number of sulfonamides is 1. The van der Waals surface area contributed by atoms with Gasteiger partial charge >= 0.3 is 6.18 Å². The first-order valence-electron chi connectivity index (χ1n) is 10.3. The van der Waals surface area contributed by atoms with Crippen LogP contribution in [0.2, 0.25) is 0 Å². The van der Waals surface area contributed by atoms with Crippen molar-refractivity contribution < 1.29 is 21.6 Å². The number of piperazine rings is 1. The van der Waals surface area contributed by atoms with Crippen molar-refractivity contribution in [1.82, 2.24) is 23.8 Å². The SMILES string of the molecule is Cc1nc(N2CCN(S(=O)(=O)c3ccc(C(F)(F)F)cc3)CC2)cc(-n2cnc(C)c2C)n1. The van der Waals surface area contributed by atoms with Crippen molar-refractivity contribution in [2.24, 2.45) is 0 Å². The molecule has 0 saturated carbocycles. The van der Waals surface area contributed by atoms with Crippen molar-refractivity contribution >= 4 is 15.8 Å². The van der Waals surface area contributed by atoms with Crippen LogP contribution in [0, 0.1) is 20.8 Å². The Kier molecular flexibility index (Phi) is 5.91. The van der Waals surface area contributed by atoms with Crippen molar-refractivity contribution in [2.75, 3.05) is 31.1 Å². The van der Waals surface area contributed by atoms with Gasteiger partial charge in [-0.05, 0) is 45.0 Å². The molecule has 3 aromatic rings. The fourth-order valence-corrected chi connectivity index (χ4v) is 5.10. The fourth-order valence-electron chi connectivity index (χ4n) is 3.67. The third-order valence-electron chi connectivity index (χ3n) is 5.69. The molecule has 0 unspecified atom stereocenters. The third kappa shape index (κ3) is 4.58. The van der Waals surface area contributed by atoms with E-state index in [0.29, 0.717) is 30.5 Å². The number of rotatable bonds is 4. The monoisotopic (exact) mass is 480 g/mol. The molecule has 1 aliphatic heterocycles. The molecule has 176 valence electrons. The summed E-state index contributed by atoms with van der Waals surface area (Å²) in [4.78, 5) is 15.1. The summed E-state index contributed by atoms with van der Waals surface area (Å²) in [6.45, 7) is 6.80. The summed E-state index contributed by atoms with van der Waals surface area (Å²) in [5.41, 5.74) is 0.978. The summed E-state index contributed by atoms with van der Waals surface area (Å²) in [5, 5.41) is 0. The molecule has 0 amide bonds. The minimum absolute atomic E-state index is 0.157. The highest BCUT2D eigenvalue weighted by molar-refractivity contribution is 7.89. The fraction of sp³-hybridized carbons (Fsp3) is 0.381. The van der Waals surface area contributed by atoms with Crippen LogP contribution >= 0.6 is 0 Å². The van der Waals surface area contributed by atoms with Crippen LogP contribution < -0.4 is 4.90 Å². The number of benzene rings is 1. The van der Waals surface area contributed by atoms with Crippen LogP contribution in [-0.4, -0.2) is 58.4 Å². The van der Waals surface area contributed by atoms with E-state index < -0.39 is 21.8 Å². The normalized spacial score (nSPS) is 15.8. The van der Waals surface area contributed by atoms with Gasteiger partial charge in [0.15, 0.2) is 0 Å². The first-order valence-corrected chi connectivity index (χ1v) is 11.7. The molecule has 0 atom stereocenters. The Labute approximate surface area is 189 Å². The summed E-state index contributed by atoms with van der Waals surface area (Å²) < 4.78 is 67.3. The molecule has 0 N–H and O–H groups in total. The molecule has 1 aromatic carbocycles. The Morgan fingerprint density at radius 2 is 1.52 bits per heavy atom. The van der Waals surface area contributed by atoms with Gasteiger partial charge < -0.3 is 4.90 Å². The van der Waals surface area contributed by atoms with Gasteiger partial charge in [-0.25, -0.2) is 23.4 Å². The molecule has 3 heterocycles. The van der Waals surface area contributed by atoms with Crippen molar-refractivity contribution in [1.29, 1.82) is 0 Å². The number of hydrogen-bond donors (Lipinski definition) is 0. The molecule has 0 aliphatic carbocycles. The van der Waals surface area contributed by atoms with Gasteiger partial charge in [0.2, 0.25) is 10.0 Å². The third-order valence-corrected chi connectivity index (χ3v) is 7.60. The number of alkyl halides is 3. The maximum atomic E-state index is 12.9. The molecule has 0 bridgehead atoms. The summed E-state index contributed by atoms with van der Waals surface area (Å²) >= 11 is 0. The van der Waals surface area contributed by atoms with Crippen molar-refractivity contribution in [2.45, 2.75) is 31.8 Å². The van der Waals surface area contributed by atoms with Crippen LogP contribution in [0.4, 0.5) is 19.0 Å². The molecule has 1 fully saturated rings. The van der Waals surface area contributed by atoms with Crippen LogP contribution in [0.25, 0.3) is 5.82 Å². The van der Waals surface area contributed by atoms with E-state index in [4.69, 9.17) is 0 Å². The first kappa shape index (κ1) is 23.2. The van der Waals surface area contributed by atoms with E-state index in [1.165, 1.54) is 4.31 Å². The van der Waals surface area contributed by atoms with E-state index in [9.17, 15) is 21.6 Å². The van der Waals surface area contributed by atoms with Gasteiger partial charge in [0, 0.05) is 37.9 Å². The van der Waals surface area contributed by atoms with Crippen LogP contribution in [-0.2, 0) is 16.2 Å². The molecular formula is C21H23F3N6O2S. The highest BCUT2D eigenvalue weighted by atomic mass is 32.2. The predicted molar refractivity (Wildman–Crippen MR) is 116 cm³/mol. The topological polar surface area (TPSA) is 84.2 Å². The zero-order valence-electron chi connectivity index (χ0n) is 18.3. The molecule has 2 aromatic heterocycles. The minimum Gasteiger partial charge on any atom is -0.354 e. The number of halogens is 3. The average molecular weight is 481 g/mol. The molecular weight excluding hydrogens is 457 g/mol. The van der Waals surface area contributed by atoms with E-state index in [1.54, 1.807) is 13.3 Å². The standard InChI is InChI=1S/C21H23F3N6O2S/c1-14-15(2)30(13-25-14)20-12-19(26-16(3)27-20)28-8-10-29(11-9-28)33(31,32)18-6-4-17(5-7-18)21(22,23)24/h4-7,12-13H,8-11H2,1-3H3. The predicted octanol–water partition coefficient (Wildman–Crippen LogP) is 3.12. The lowest BCUT2D eigenvalue weighted by Gasteiger charge is -2.34. The maximum absolute atomic E-state index is 12.9. The zero-order valence-corrected chi connectivity index (χ0v) is 19.2. The van der Waals surface area contributed by atoms with Gasteiger partial charge in [-0.1, -0.05) is 0 Å². The molecule has 1 aliphatic rings. The van der Waals surface area contributed by atoms with E-state index in [1.807, 2.05) is 29.4 Å². The number of nitrogens with zero attached hydrogens (tertiary/aromatic N) is 6. The Morgan fingerprint density at radius 1 is 0.909 bits per heavy atom. The Bertz CT molecular complexity index is 1260. The van der Waals surface area contributed by atoms with Gasteiger partial charge in [-0.3, -0.25) is 4.57 Å². The number of imidazole rings is 1. The Morgan fingerprint density at radius 3 is 2.06 bits per heavy atom. The lowest BCUT2D eigenvalue weighted by molar-refractivity contribution is -0.137. The smallest absolute Gasteiger partial charge is 0.354 e. The summed E-state index contributed by atoms with van der Waals surface area (Å²) in [6.07, 6.45) is -2.82. The summed E-state index contributed by atoms with van der Waals surface area (Å²) in [6, 6.07) is 5.41. The highest BCUT2D eigenvalue weighted by Crippen LogP contribution is 2.30. The van der Waals surface area contributed by atoms with Gasteiger partial charge in [0.1, 0.15) is 23.8 Å². The largest absolute Gasteiger partial charge is 0.416 e. The maximum Gasteiger partial charge on any atom is 0.416 e. The number of aryl methyl sites for hydroxylation is 2. The lowest BCUT2D eigenvalue weighted by Crippen LogP contribution is -2.49. The van der Waals surface area contributed by atoms with Crippen LogP contribution in [0.3, 0.4) is 0 Å². The number of anilines is 1. The molecule has 0 spiro atoms. The average Bonchev–Trinajstić information content (AvgIpc) is 3.11. The van der Waals surface area contributed by atoms with Crippen molar-refractivity contribution in [3.05, 3.63) is 59.4 Å². The quantitative estimate of drug-likeness (QED) is 0.571.